The van der Waals surface area contributed by atoms with E-state index >= 15 is 0 Å². The molecule has 4 rings (SSSR count). The standard InChI is InChI=1S/C21H25N5O/c22-20-13-16(8-9-23-20)19-14-24-25-21(19)17-5-4-10-26(15-17)11-12-27-18-6-2-1-3-7-18/h1-3,6-9,13-14,17H,4-5,10-12,15H2,(H2,22,23)(H,24,25)/t17-/m1/s1. The summed E-state index contributed by atoms with van der Waals surface area (Å²) in [6.45, 7) is 3.75. The molecule has 0 unspecified atom stereocenters. The van der Waals surface area contributed by atoms with Crippen molar-refractivity contribution in [1.82, 2.24) is 20.1 Å². The van der Waals surface area contributed by atoms with E-state index in [0.29, 0.717) is 18.3 Å². The van der Waals surface area contributed by atoms with Gasteiger partial charge in [0.15, 0.2) is 0 Å². The Kier molecular flexibility index (Phi) is 5.34. The van der Waals surface area contributed by atoms with Gasteiger partial charge in [-0.25, -0.2) is 4.98 Å². The molecule has 0 aliphatic carbocycles. The summed E-state index contributed by atoms with van der Waals surface area (Å²) < 4.78 is 5.86. The van der Waals surface area contributed by atoms with Crippen LogP contribution in [-0.2, 0) is 0 Å². The number of ether oxygens (including phenoxy) is 1. The Labute approximate surface area is 159 Å². The predicted molar refractivity (Wildman–Crippen MR) is 107 cm³/mol. The van der Waals surface area contributed by atoms with Gasteiger partial charge in [-0.3, -0.25) is 10.00 Å². The number of nitrogen functional groups attached to an aromatic ring is 1. The predicted octanol–water partition coefficient (Wildman–Crippen LogP) is 3.31. The van der Waals surface area contributed by atoms with Crippen molar-refractivity contribution in [3.8, 4) is 16.9 Å². The van der Waals surface area contributed by atoms with Crippen LogP contribution in [0.3, 0.4) is 0 Å². The summed E-state index contributed by atoms with van der Waals surface area (Å²) in [5, 5.41) is 7.53. The summed E-state index contributed by atoms with van der Waals surface area (Å²) in [5.41, 5.74) is 9.23. The molecule has 0 radical (unpaired) electrons. The number of H-pyrrole nitrogens is 1. The number of aromatic nitrogens is 3. The number of hydrogen-bond acceptors (Lipinski definition) is 5. The van der Waals surface area contributed by atoms with Crippen LogP contribution in [0, 0.1) is 0 Å². The molecule has 140 valence electrons. The Morgan fingerprint density at radius 1 is 1.22 bits per heavy atom. The van der Waals surface area contributed by atoms with Crippen molar-refractivity contribution in [2.45, 2.75) is 18.8 Å². The van der Waals surface area contributed by atoms with Crippen LogP contribution >= 0.6 is 0 Å². The molecule has 3 heterocycles. The summed E-state index contributed by atoms with van der Waals surface area (Å²) in [7, 11) is 0. The molecule has 0 saturated carbocycles. The fourth-order valence-corrected chi connectivity index (χ4v) is 3.76. The molecule has 1 aliphatic heterocycles. The zero-order chi connectivity index (χ0) is 18.5. The largest absolute Gasteiger partial charge is 0.492 e. The second-order valence-corrected chi connectivity index (χ2v) is 6.97. The Morgan fingerprint density at radius 2 is 2.11 bits per heavy atom. The van der Waals surface area contributed by atoms with Gasteiger partial charge in [0, 0.05) is 36.5 Å². The first-order chi connectivity index (χ1) is 13.3. The number of benzene rings is 1. The first-order valence-electron chi connectivity index (χ1n) is 9.45. The Bertz CT molecular complexity index is 864. The third-order valence-corrected chi connectivity index (χ3v) is 5.09. The number of piperidine rings is 1. The highest BCUT2D eigenvalue weighted by Gasteiger charge is 2.25. The van der Waals surface area contributed by atoms with Crippen LogP contribution < -0.4 is 10.5 Å². The van der Waals surface area contributed by atoms with Gasteiger partial charge in [-0.2, -0.15) is 5.10 Å². The molecule has 0 bridgehead atoms. The number of hydrogen-bond donors (Lipinski definition) is 2. The molecule has 2 aromatic heterocycles. The minimum absolute atomic E-state index is 0.433. The lowest BCUT2D eigenvalue weighted by molar-refractivity contribution is 0.169. The third kappa shape index (κ3) is 4.28. The van der Waals surface area contributed by atoms with E-state index < -0.39 is 0 Å². The maximum absolute atomic E-state index is 5.86. The van der Waals surface area contributed by atoms with Gasteiger partial charge < -0.3 is 10.5 Å². The summed E-state index contributed by atoms with van der Waals surface area (Å²) in [6.07, 6.45) is 5.97. The van der Waals surface area contributed by atoms with Crippen LogP contribution in [-0.4, -0.2) is 46.3 Å². The summed E-state index contributed by atoms with van der Waals surface area (Å²) in [4.78, 5) is 6.56. The highest BCUT2D eigenvalue weighted by molar-refractivity contribution is 5.67. The van der Waals surface area contributed by atoms with E-state index in [1.807, 2.05) is 48.7 Å². The molecule has 3 aromatic rings. The fourth-order valence-electron chi connectivity index (χ4n) is 3.76. The highest BCUT2D eigenvalue weighted by Crippen LogP contribution is 2.33. The van der Waals surface area contributed by atoms with Gasteiger partial charge in [0.05, 0.1) is 6.20 Å². The SMILES string of the molecule is Nc1cc(-c2cn[nH]c2[C@@H]2CCCN(CCOc3ccccc3)C2)ccn1. The third-order valence-electron chi connectivity index (χ3n) is 5.09. The van der Waals surface area contributed by atoms with Crippen LogP contribution in [0.4, 0.5) is 5.82 Å². The van der Waals surface area contributed by atoms with Gasteiger partial charge in [0.2, 0.25) is 0 Å². The number of para-hydroxylation sites is 1. The monoisotopic (exact) mass is 363 g/mol. The lowest BCUT2D eigenvalue weighted by Gasteiger charge is -2.32. The van der Waals surface area contributed by atoms with Crippen molar-refractivity contribution in [3.63, 3.8) is 0 Å². The average Bonchev–Trinajstić information content (AvgIpc) is 3.19. The molecule has 1 aliphatic rings. The molecule has 3 N–H and O–H groups in total. The number of aromatic amines is 1. The fraction of sp³-hybridized carbons (Fsp3) is 0.333. The van der Waals surface area contributed by atoms with E-state index in [4.69, 9.17) is 10.5 Å². The molecule has 1 atom stereocenters. The van der Waals surface area contributed by atoms with E-state index in [9.17, 15) is 0 Å². The van der Waals surface area contributed by atoms with Gasteiger partial charge in [0.1, 0.15) is 18.2 Å². The summed E-state index contributed by atoms with van der Waals surface area (Å²) in [6, 6.07) is 13.9. The first-order valence-corrected chi connectivity index (χ1v) is 9.45. The zero-order valence-electron chi connectivity index (χ0n) is 15.3. The minimum Gasteiger partial charge on any atom is -0.492 e. The van der Waals surface area contributed by atoms with Crippen molar-refractivity contribution in [2.24, 2.45) is 0 Å². The van der Waals surface area contributed by atoms with Crippen molar-refractivity contribution in [2.75, 3.05) is 32.0 Å². The van der Waals surface area contributed by atoms with Crippen LogP contribution in [0.5, 0.6) is 5.75 Å². The second kappa shape index (κ2) is 8.22. The topological polar surface area (TPSA) is 80.1 Å². The molecule has 6 heteroatoms. The molecule has 1 aromatic carbocycles. The smallest absolute Gasteiger partial charge is 0.123 e. The minimum atomic E-state index is 0.433. The Balaban J connectivity index is 1.39. The number of anilines is 1. The number of nitrogens with one attached hydrogen (secondary N) is 1. The number of pyridine rings is 1. The first kappa shape index (κ1) is 17.5. The molecule has 0 spiro atoms. The van der Waals surface area contributed by atoms with E-state index in [2.05, 4.69) is 20.1 Å². The van der Waals surface area contributed by atoms with E-state index in [-0.39, 0.29) is 0 Å². The van der Waals surface area contributed by atoms with Crippen LogP contribution in [0.15, 0.2) is 54.9 Å². The van der Waals surface area contributed by atoms with Crippen molar-refractivity contribution in [3.05, 3.63) is 60.6 Å². The van der Waals surface area contributed by atoms with E-state index in [1.54, 1.807) is 6.20 Å². The molecule has 6 nitrogen and oxygen atoms in total. The molecular weight excluding hydrogens is 338 g/mol. The number of nitrogens with two attached hydrogens (primary N) is 1. The van der Waals surface area contributed by atoms with Gasteiger partial charge in [-0.15, -0.1) is 0 Å². The van der Waals surface area contributed by atoms with Gasteiger partial charge in [-0.05, 0) is 49.2 Å². The summed E-state index contributed by atoms with van der Waals surface area (Å²) >= 11 is 0. The maximum atomic E-state index is 5.86. The van der Waals surface area contributed by atoms with E-state index in [0.717, 1.165) is 42.9 Å². The van der Waals surface area contributed by atoms with Gasteiger partial charge in [-0.1, -0.05) is 18.2 Å². The quantitative estimate of drug-likeness (QED) is 0.702. The lowest BCUT2D eigenvalue weighted by atomic mass is 9.91. The normalized spacial score (nSPS) is 17.7. The number of likely N-dealkylation sites (tertiary alicyclic amines) is 1. The molecule has 1 fully saturated rings. The van der Waals surface area contributed by atoms with Crippen LogP contribution in [0.1, 0.15) is 24.5 Å². The van der Waals surface area contributed by atoms with Crippen molar-refractivity contribution in [1.29, 1.82) is 0 Å². The zero-order valence-corrected chi connectivity index (χ0v) is 15.3. The molecule has 27 heavy (non-hydrogen) atoms. The van der Waals surface area contributed by atoms with Crippen molar-refractivity contribution < 1.29 is 4.74 Å². The Hall–Kier alpha value is -2.86. The number of rotatable bonds is 6. The lowest BCUT2D eigenvalue weighted by Crippen LogP contribution is -2.37. The molecule has 0 amide bonds. The van der Waals surface area contributed by atoms with Crippen LogP contribution in [0.25, 0.3) is 11.1 Å². The van der Waals surface area contributed by atoms with Crippen LogP contribution in [0.2, 0.25) is 0 Å². The molecular formula is C21H25N5O. The van der Waals surface area contributed by atoms with Gasteiger partial charge >= 0.3 is 0 Å². The maximum Gasteiger partial charge on any atom is 0.123 e. The van der Waals surface area contributed by atoms with E-state index in [1.165, 1.54) is 12.1 Å². The molecule has 1 saturated heterocycles. The van der Waals surface area contributed by atoms with Crippen molar-refractivity contribution >= 4 is 5.82 Å². The number of nitrogens with zero attached hydrogens (tertiary/aromatic N) is 3. The van der Waals surface area contributed by atoms with Gasteiger partial charge in [0.25, 0.3) is 0 Å². The average molecular weight is 363 g/mol. The Morgan fingerprint density at radius 3 is 2.96 bits per heavy atom. The highest BCUT2D eigenvalue weighted by atomic mass is 16.5. The second-order valence-electron chi connectivity index (χ2n) is 6.97. The summed E-state index contributed by atoms with van der Waals surface area (Å²) in [5.74, 6) is 1.89.